The van der Waals surface area contributed by atoms with Gasteiger partial charge < -0.3 is 15.7 Å². The summed E-state index contributed by atoms with van der Waals surface area (Å²) in [7, 11) is 0. The van der Waals surface area contributed by atoms with Crippen molar-refractivity contribution in [3.05, 3.63) is 35.4 Å². The van der Waals surface area contributed by atoms with Crippen molar-refractivity contribution in [3.63, 3.8) is 0 Å². The predicted octanol–water partition coefficient (Wildman–Crippen LogP) is 1.36. The van der Waals surface area contributed by atoms with E-state index in [0.29, 0.717) is 18.9 Å². The van der Waals surface area contributed by atoms with Gasteiger partial charge in [0.15, 0.2) is 0 Å². The van der Waals surface area contributed by atoms with E-state index in [2.05, 4.69) is 10.6 Å². The summed E-state index contributed by atoms with van der Waals surface area (Å²) in [5.41, 5.74) is -1.19. The Morgan fingerprint density at radius 1 is 1.09 bits per heavy atom. The second-order valence-corrected chi connectivity index (χ2v) is 5.05. The van der Waals surface area contributed by atoms with E-state index >= 15 is 0 Å². The van der Waals surface area contributed by atoms with Crippen LogP contribution in [0.3, 0.4) is 0 Å². The molecular formula is C15H20F2N2O3. The molecule has 0 heterocycles. The molecule has 0 radical (unpaired) electrons. The van der Waals surface area contributed by atoms with Crippen LogP contribution in [-0.4, -0.2) is 35.6 Å². The maximum absolute atomic E-state index is 13.0. The Labute approximate surface area is 127 Å². The molecule has 3 N–H and O–H groups in total. The molecule has 0 atom stereocenters. The van der Waals surface area contributed by atoms with Gasteiger partial charge in [0.05, 0.1) is 12.1 Å². The van der Waals surface area contributed by atoms with Gasteiger partial charge in [-0.2, -0.15) is 0 Å². The number of nitrogens with one attached hydrogen (secondary N) is 2. The van der Waals surface area contributed by atoms with Crippen molar-refractivity contribution in [2.45, 2.75) is 32.3 Å². The first-order chi connectivity index (χ1) is 10.3. The molecule has 0 saturated carbocycles. The maximum Gasteiger partial charge on any atom is 0.251 e. The Hall–Kier alpha value is -2.02. The van der Waals surface area contributed by atoms with Crippen LogP contribution in [0.5, 0.6) is 0 Å². The molecule has 0 aromatic heterocycles. The molecule has 0 aliphatic rings. The summed E-state index contributed by atoms with van der Waals surface area (Å²) in [5.74, 6) is -2.99. The van der Waals surface area contributed by atoms with Crippen molar-refractivity contribution in [2.24, 2.45) is 0 Å². The first-order valence-electron chi connectivity index (χ1n) is 7.03. The van der Waals surface area contributed by atoms with Crippen LogP contribution in [0.4, 0.5) is 8.78 Å². The zero-order chi connectivity index (χ0) is 16.8. The summed E-state index contributed by atoms with van der Waals surface area (Å²) >= 11 is 0. The van der Waals surface area contributed by atoms with Crippen molar-refractivity contribution >= 4 is 11.8 Å². The van der Waals surface area contributed by atoms with E-state index in [9.17, 15) is 23.5 Å². The average molecular weight is 314 g/mol. The van der Waals surface area contributed by atoms with Gasteiger partial charge in [-0.3, -0.25) is 9.59 Å². The van der Waals surface area contributed by atoms with E-state index < -0.39 is 29.0 Å². The number of amides is 2. The number of benzene rings is 1. The quantitative estimate of drug-likeness (QED) is 0.711. The maximum atomic E-state index is 13.0. The highest BCUT2D eigenvalue weighted by Gasteiger charge is 2.22. The molecule has 5 nitrogen and oxygen atoms in total. The van der Waals surface area contributed by atoms with Crippen molar-refractivity contribution in [1.29, 1.82) is 0 Å². The third kappa shape index (κ3) is 5.40. The average Bonchev–Trinajstić information content (AvgIpc) is 2.49. The van der Waals surface area contributed by atoms with Crippen molar-refractivity contribution in [3.8, 4) is 0 Å². The summed E-state index contributed by atoms with van der Waals surface area (Å²) in [5, 5.41) is 14.8. The molecule has 0 saturated heterocycles. The number of aliphatic hydroxyl groups is 1. The van der Waals surface area contributed by atoms with Crippen LogP contribution in [0.15, 0.2) is 18.2 Å². The molecule has 0 spiro atoms. The van der Waals surface area contributed by atoms with E-state index in [0.717, 1.165) is 12.1 Å². The van der Waals surface area contributed by atoms with Gasteiger partial charge in [0.1, 0.15) is 11.6 Å². The summed E-state index contributed by atoms with van der Waals surface area (Å²) in [4.78, 5) is 23.3. The number of hydrogen-bond donors (Lipinski definition) is 3. The number of hydrogen-bond acceptors (Lipinski definition) is 3. The Morgan fingerprint density at radius 2 is 1.64 bits per heavy atom. The van der Waals surface area contributed by atoms with Gasteiger partial charge in [0.25, 0.3) is 5.91 Å². The second kappa shape index (κ2) is 7.84. The molecule has 1 aromatic rings. The van der Waals surface area contributed by atoms with Crippen LogP contribution in [0.25, 0.3) is 0 Å². The summed E-state index contributed by atoms with van der Waals surface area (Å²) in [6, 6.07) is 2.41. The van der Waals surface area contributed by atoms with Gasteiger partial charge in [0, 0.05) is 18.2 Å². The van der Waals surface area contributed by atoms with E-state index in [-0.39, 0.29) is 18.7 Å². The normalized spacial score (nSPS) is 11.1. The minimum atomic E-state index is -0.981. The van der Waals surface area contributed by atoms with E-state index in [1.165, 1.54) is 0 Å². The number of halogens is 2. The molecule has 1 rings (SSSR count). The Bertz CT molecular complexity index is 525. The fourth-order valence-corrected chi connectivity index (χ4v) is 1.77. The molecule has 22 heavy (non-hydrogen) atoms. The molecule has 122 valence electrons. The number of carbonyl (C=O) groups is 2. The minimum absolute atomic E-state index is 0.0727. The molecule has 0 aliphatic heterocycles. The lowest BCUT2D eigenvalue weighted by Gasteiger charge is -2.25. The molecule has 0 fully saturated rings. The zero-order valence-corrected chi connectivity index (χ0v) is 12.6. The predicted molar refractivity (Wildman–Crippen MR) is 77.2 cm³/mol. The van der Waals surface area contributed by atoms with Gasteiger partial charge in [-0.05, 0) is 25.0 Å². The van der Waals surface area contributed by atoms with Crippen molar-refractivity contribution < 1.29 is 23.5 Å². The lowest BCUT2D eigenvalue weighted by atomic mass is 9.98. The smallest absolute Gasteiger partial charge is 0.251 e. The SMILES string of the molecule is CCC(O)(CC)CNC(=O)CNC(=O)c1cc(F)cc(F)c1. The second-order valence-electron chi connectivity index (χ2n) is 5.05. The zero-order valence-electron chi connectivity index (χ0n) is 12.6. The molecule has 1 aromatic carbocycles. The molecule has 2 amide bonds. The fourth-order valence-electron chi connectivity index (χ4n) is 1.77. The van der Waals surface area contributed by atoms with Crippen LogP contribution in [0.1, 0.15) is 37.0 Å². The molecule has 0 unspecified atom stereocenters. The standard InChI is InChI=1S/C15H20F2N2O3/c1-3-15(22,4-2)9-19-13(20)8-18-14(21)10-5-11(16)7-12(17)6-10/h5-7,22H,3-4,8-9H2,1-2H3,(H,18,21)(H,19,20). The third-order valence-electron chi connectivity index (χ3n) is 3.47. The summed E-state index contributed by atoms with van der Waals surface area (Å²) in [6.45, 7) is 3.33. The Balaban J connectivity index is 2.48. The Morgan fingerprint density at radius 3 is 2.14 bits per heavy atom. The van der Waals surface area contributed by atoms with Crippen LogP contribution < -0.4 is 10.6 Å². The molecule has 7 heteroatoms. The summed E-state index contributed by atoms with van der Waals surface area (Å²) < 4.78 is 26.0. The van der Waals surface area contributed by atoms with Crippen molar-refractivity contribution in [2.75, 3.05) is 13.1 Å². The fraction of sp³-hybridized carbons (Fsp3) is 0.467. The molecule has 0 bridgehead atoms. The van der Waals surface area contributed by atoms with Crippen LogP contribution in [0, 0.1) is 11.6 Å². The Kier molecular flexibility index (Phi) is 6.42. The lowest BCUT2D eigenvalue weighted by Crippen LogP contribution is -2.45. The number of rotatable bonds is 7. The lowest BCUT2D eigenvalue weighted by molar-refractivity contribution is -0.121. The van der Waals surface area contributed by atoms with Crippen LogP contribution >= 0.6 is 0 Å². The molecule has 0 aliphatic carbocycles. The monoisotopic (exact) mass is 314 g/mol. The van der Waals surface area contributed by atoms with E-state index in [1.807, 2.05) is 0 Å². The highest BCUT2D eigenvalue weighted by molar-refractivity contribution is 5.96. The topological polar surface area (TPSA) is 78.4 Å². The van der Waals surface area contributed by atoms with Gasteiger partial charge in [-0.25, -0.2) is 8.78 Å². The third-order valence-corrected chi connectivity index (χ3v) is 3.47. The van der Waals surface area contributed by atoms with E-state index in [4.69, 9.17) is 0 Å². The van der Waals surface area contributed by atoms with E-state index in [1.54, 1.807) is 13.8 Å². The highest BCUT2D eigenvalue weighted by Crippen LogP contribution is 2.12. The number of carbonyl (C=O) groups excluding carboxylic acids is 2. The van der Waals surface area contributed by atoms with Crippen molar-refractivity contribution in [1.82, 2.24) is 10.6 Å². The van der Waals surface area contributed by atoms with Gasteiger partial charge >= 0.3 is 0 Å². The largest absolute Gasteiger partial charge is 0.388 e. The van der Waals surface area contributed by atoms with Gasteiger partial charge in [-0.1, -0.05) is 13.8 Å². The first-order valence-corrected chi connectivity index (χ1v) is 7.03. The summed E-state index contributed by atoms with van der Waals surface area (Å²) in [6.07, 6.45) is 0.970. The van der Waals surface area contributed by atoms with Gasteiger partial charge in [0.2, 0.25) is 5.91 Å². The van der Waals surface area contributed by atoms with Crippen LogP contribution in [0.2, 0.25) is 0 Å². The van der Waals surface area contributed by atoms with Crippen LogP contribution in [-0.2, 0) is 4.79 Å². The molecular weight excluding hydrogens is 294 g/mol. The minimum Gasteiger partial charge on any atom is -0.388 e. The van der Waals surface area contributed by atoms with Gasteiger partial charge in [-0.15, -0.1) is 0 Å². The highest BCUT2D eigenvalue weighted by atomic mass is 19.1. The first kappa shape index (κ1) is 18.0.